The molecule has 0 radical (unpaired) electrons. The Hall–Kier alpha value is -1.24. The van der Waals surface area contributed by atoms with Gasteiger partial charge >= 0.3 is 0 Å². The van der Waals surface area contributed by atoms with E-state index in [0.717, 1.165) is 56.6 Å². The summed E-state index contributed by atoms with van der Waals surface area (Å²) in [7, 11) is 0. The summed E-state index contributed by atoms with van der Waals surface area (Å²) < 4.78 is 5.46. The Morgan fingerprint density at radius 2 is 1.62 bits per heavy atom. The fraction of sp³-hybridized carbons (Fsp3) is 0.667. The summed E-state index contributed by atoms with van der Waals surface area (Å²) in [5, 5.41) is 7.87. The van der Waals surface area contributed by atoms with E-state index in [2.05, 4.69) is 26.4 Å². The summed E-state index contributed by atoms with van der Waals surface area (Å²) in [6.07, 6.45) is 5.23. The number of aromatic nitrogens is 2. The molecule has 1 aliphatic heterocycles. The Balaban J connectivity index is 1.10. The van der Waals surface area contributed by atoms with Crippen LogP contribution in [-0.2, 0) is 13.1 Å². The molecule has 1 saturated heterocycles. The molecule has 0 bridgehead atoms. The normalized spacial score (nSPS) is 23.0. The maximum atomic E-state index is 5.46. The van der Waals surface area contributed by atoms with Gasteiger partial charge in [0.2, 0.25) is 0 Å². The molecule has 2 aromatic rings. The second-order valence-electron chi connectivity index (χ2n) is 7.50. The van der Waals surface area contributed by atoms with E-state index in [1.807, 2.05) is 11.3 Å². The van der Waals surface area contributed by atoms with Gasteiger partial charge in [-0.15, -0.1) is 11.3 Å². The highest BCUT2D eigenvalue weighted by Gasteiger charge is 2.29. The van der Waals surface area contributed by atoms with E-state index in [-0.39, 0.29) is 0 Å². The van der Waals surface area contributed by atoms with Gasteiger partial charge in [-0.1, -0.05) is 5.16 Å². The van der Waals surface area contributed by atoms with Crippen LogP contribution in [0.3, 0.4) is 0 Å². The molecular formula is C18H24N4OS. The Morgan fingerprint density at radius 3 is 2.29 bits per heavy atom. The Labute approximate surface area is 146 Å². The first-order valence-corrected chi connectivity index (χ1v) is 10.1. The van der Waals surface area contributed by atoms with Crippen LogP contribution in [0.2, 0.25) is 0 Å². The zero-order valence-electron chi connectivity index (χ0n) is 14.0. The third kappa shape index (κ3) is 3.41. The van der Waals surface area contributed by atoms with Crippen molar-refractivity contribution in [1.29, 1.82) is 0 Å². The van der Waals surface area contributed by atoms with Gasteiger partial charge in [0.25, 0.3) is 0 Å². The molecule has 0 spiro atoms. The lowest BCUT2D eigenvalue weighted by molar-refractivity contribution is 0.119. The van der Waals surface area contributed by atoms with Crippen LogP contribution >= 0.6 is 11.3 Å². The molecule has 2 aliphatic carbocycles. The van der Waals surface area contributed by atoms with Crippen LogP contribution in [0.4, 0.5) is 0 Å². The van der Waals surface area contributed by atoms with Gasteiger partial charge in [-0.2, -0.15) is 0 Å². The molecule has 3 fully saturated rings. The number of rotatable bonds is 6. The minimum Gasteiger partial charge on any atom is -0.361 e. The quantitative estimate of drug-likeness (QED) is 0.805. The number of thiazole rings is 1. The fourth-order valence-corrected chi connectivity index (χ4v) is 4.42. The van der Waals surface area contributed by atoms with Crippen molar-refractivity contribution >= 4 is 11.3 Å². The molecule has 128 valence electrons. The third-order valence-corrected chi connectivity index (χ3v) is 6.35. The molecule has 0 amide bonds. The van der Waals surface area contributed by atoms with Crippen LogP contribution in [0, 0.1) is 0 Å². The first kappa shape index (κ1) is 15.0. The largest absolute Gasteiger partial charge is 0.361 e. The molecule has 0 unspecified atom stereocenters. The first-order chi connectivity index (χ1) is 11.8. The zero-order valence-corrected chi connectivity index (χ0v) is 14.8. The van der Waals surface area contributed by atoms with Gasteiger partial charge < -0.3 is 4.52 Å². The lowest BCUT2D eigenvalue weighted by Gasteiger charge is -2.33. The summed E-state index contributed by atoms with van der Waals surface area (Å²) in [5.74, 6) is 2.53. The molecular weight excluding hydrogens is 320 g/mol. The minimum absolute atomic E-state index is 0.654. The molecule has 3 aliphatic rings. The molecule has 6 heteroatoms. The van der Waals surface area contributed by atoms with E-state index in [1.54, 1.807) is 0 Å². The van der Waals surface area contributed by atoms with E-state index < -0.39 is 0 Å². The van der Waals surface area contributed by atoms with E-state index in [4.69, 9.17) is 9.51 Å². The molecule has 0 aromatic carbocycles. The Kier molecular flexibility index (Phi) is 3.91. The van der Waals surface area contributed by atoms with Crippen LogP contribution in [0.25, 0.3) is 0 Å². The highest BCUT2D eigenvalue weighted by molar-refractivity contribution is 7.09. The summed E-state index contributed by atoms with van der Waals surface area (Å²) in [6, 6.07) is 2.17. The lowest BCUT2D eigenvalue weighted by Crippen LogP contribution is -2.45. The maximum absolute atomic E-state index is 5.46. The molecule has 0 atom stereocenters. The second-order valence-corrected chi connectivity index (χ2v) is 8.39. The van der Waals surface area contributed by atoms with Crippen molar-refractivity contribution < 1.29 is 4.52 Å². The van der Waals surface area contributed by atoms with Crippen LogP contribution < -0.4 is 0 Å². The first-order valence-electron chi connectivity index (χ1n) is 9.18. The molecule has 5 rings (SSSR count). The van der Waals surface area contributed by atoms with Gasteiger partial charge in [-0.3, -0.25) is 9.80 Å². The highest BCUT2D eigenvalue weighted by Crippen LogP contribution is 2.41. The summed E-state index contributed by atoms with van der Waals surface area (Å²) in [5.41, 5.74) is 2.36. The minimum atomic E-state index is 0.654. The van der Waals surface area contributed by atoms with E-state index in [0.29, 0.717) is 5.92 Å². The number of hydrogen-bond acceptors (Lipinski definition) is 6. The standard InChI is InChI=1S/C18H24N4OS/c1-2-13(1)17-9-15(20-23-17)10-21-5-7-22(8-6-21)11-16-12-24-18(19-16)14-3-4-14/h9,12-14H,1-8,10-11H2. The monoisotopic (exact) mass is 344 g/mol. The van der Waals surface area contributed by atoms with Crippen molar-refractivity contribution in [1.82, 2.24) is 19.9 Å². The number of piperazine rings is 1. The van der Waals surface area contributed by atoms with Crippen LogP contribution in [0.1, 0.15) is 59.7 Å². The van der Waals surface area contributed by atoms with Crippen molar-refractivity contribution in [2.24, 2.45) is 0 Å². The van der Waals surface area contributed by atoms with Crippen molar-refractivity contribution in [3.8, 4) is 0 Å². The fourth-order valence-electron chi connectivity index (χ4n) is 3.44. The van der Waals surface area contributed by atoms with Gasteiger partial charge in [0, 0.05) is 62.6 Å². The van der Waals surface area contributed by atoms with Crippen LogP contribution in [0.15, 0.2) is 16.0 Å². The third-order valence-electron chi connectivity index (χ3n) is 5.29. The topological polar surface area (TPSA) is 45.4 Å². The maximum Gasteiger partial charge on any atom is 0.140 e. The average Bonchev–Trinajstić information content (AvgIpc) is 3.53. The molecule has 5 nitrogen and oxygen atoms in total. The average molecular weight is 344 g/mol. The van der Waals surface area contributed by atoms with Crippen molar-refractivity contribution in [2.45, 2.75) is 50.6 Å². The molecule has 24 heavy (non-hydrogen) atoms. The summed E-state index contributed by atoms with van der Waals surface area (Å²) in [4.78, 5) is 9.84. The molecule has 0 N–H and O–H groups in total. The van der Waals surface area contributed by atoms with Crippen molar-refractivity contribution in [3.05, 3.63) is 33.6 Å². The van der Waals surface area contributed by atoms with Gasteiger partial charge in [0.05, 0.1) is 16.4 Å². The van der Waals surface area contributed by atoms with Crippen molar-refractivity contribution in [3.63, 3.8) is 0 Å². The van der Waals surface area contributed by atoms with Gasteiger partial charge in [0.1, 0.15) is 5.76 Å². The van der Waals surface area contributed by atoms with E-state index in [1.165, 1.54) is 36.4 Å². The molecule has 2 saturated carbocycles. The molecule has 2 aromatic heterocycles. The van der Waals surface area contributed by atoms with Gasteiger partial charge in [0.15, 0.2) is 0 Å². The smallest absolute Gasteiger partial charge is 0.140 e. The van der Waals surface area contributed by atoms with E-state index >= 15 is 0 Å². The van der Waals surface area contributed by atoms with E-state index in [9.17, 15) is 0 Å². The van der Waals surface area contributed by atoms with Crippen LogP contribution in [0.5, 0.6) is 0 Å². The Bertz CT molecular complexity index is 635. The zero-order chi connectivity index (χ0) is 15.9. The predicted octanol–water partition coefficient (Wildman–Crippen LogP) is 3.20. The predicted molar refractivity (Wildman–Crippen MR) is 93.1 cm³/mol. The Morgan fingerprint density at radius 1 is 0.958 bits per heavy atom. The van der Waals surface area contributed by atoms with Crippen LogP contribution in [-0.4, -0.2) is 46.1 Å². The summed E-state index contributed by atoms with van der Waals surface area (Å²) in [6.45, 7) is 6.36. The lowest BCUT2D eigenvalue weighted by atomic mass is 10.2. The summed E-state index contributed by atoms with van der Waals surface area (Å²) >= 11 is 1.85. The molecule has 3 heterocycles. The second kappa shape index (κ2) is 6.24. The SMILES string of the molecule is c1sc(C2CC2)nc1CN1CCN(Cc2cc(C3CC3)on2)CC1. The van der Waals surface area contributed by atoms with Gasteiger partial charge in [-0.05, 0) is 25.7 Å². The van der Waals surface area contributed by atoms with Gasteiger partial charge in [-0.25, -0.2) is 4.98 Å². The highest BCUT2D eigenvalue weighted by atomic mass is 32.1. The number of hydrogen-bond donors (Lipinski definition) is 0. The van der Waals surface area contributed by atoms with Crippen molar-refractivity contribution in [2.75, 3.05) is 26.2 Å². The number of nitrogens with zero attached hydrogens (tertiary/aromatic N) is 4.